The molecule has 0 saturated carbocycles. The lowest BCUT2D eigenvalue weighted by Crippen LogP contribution is -2.44. The van der Waals surface area contributed by atoms with Gasteiger partial charge >= 0.3 is 0 Å². The van der Waals surface area contributed by atoms with Crippen LogP contribution in [0.5, 0.6) is 0 Å². The van der Waals surface area contributed by atoms with Gasteiger partial charge in [-0.1, -0.05) is 0 Å². The summed E-state index contributed by atoms with van der Waals surface area (Å²) in [5.74, 6) is -0.0244. The van der Waals surface area contributed by atoms with Crippen molar-refractivity contribution >= 4 is 39.0 Å². The minimum Gasteiger partial charge on any atom is -0.397 e. The first kappa shape index (κ1) is 24.1. The number of fused-ring (bicyclic) bond motifs is 2. The van der Waals surface area contributed by atoms with Gasteiger partial charge in [0.1, 0.15) is 17.2 Å². The van der Waals surface area contributed by atoms with Crippen molar-refractivity contribution in [3.05, 3.63) is 46.5 Å². The zero-order chi connectivity index (χ0) is 25.6. The van der Waals surface area contributed by atoms with Gasteiger partial charge in [-0.25, -0.2) is 9.37 Å². The van der Waals surface area contributed by atoms with Crippen LogP contribution in [0, 0.1) is 5.82 Å². The number of aromatic nitrogens is 3. The molecule has 0 atom stereocenters. The maximum Gasteiger partial charge on any atom is 0.261 e. The normalized spacial score (nSPS) is 14.9. The van der Waals surface area contributed by atoms with Crippen LogP contribution >= 0.6 is 0 Å². The summed E-state index contributed by atoms with van der Waals surface area (Å²) in [6.45, 7) is 5.34. The molecule has 1 aliphatic heterocycles. The number of pyridine rings is 1. The van der Waals surface area contributed by atoms with Crippen molar-refractivity contribution in [1.82, 2.24) is 24.8 Å². The molecule has 2 aromatic heterocycles. The number of piperazine rings is 1. The number of halogens is 1. The molecule has 36 heavy (non-hydrogen) atoms. The molecule has 0 spiro atoms. The summed E-state index contributed by atoms with van der Waals surface area (Å²) in [7, 11) is 7.89. The molecule has 0 aliphatic carbocycles. The Morgan fingerprint density at radius 1 is 1.03 bits per heavy atom. The van der Waals surface area contributed by atoms with E-state index in [1.807, 2.05) is 43.1 Å². The van der Waals surface area contributed by atoms with E-state index in [0.29, 0.717) is 29.0 Å². The third-order valence-electron chi connectivity index (χ3n) is 6.99. The van der Waals surface area contributed by atoms with E-state index in [4.69, 9.17) is 10.7 Å². The zero-order valence-electron chi connectivity index (χ0n) is 21.2. The summed E-state index contributed by atoms with van der Waals surface area (Å²) in [6.07, 6.45) is 0. The number of nitrogens with one attached hydrogen (secondary N) is 2. The molecule has 4 aromatic rings. The summed E-state index contributed by atoms with van der Waals surface area (Å²) < 4.78 is 15.1. The van der Waals surface area contributed by atoms with Crippen molar-refractivity contribution in [2.75, 3.05) is 83.0 Å². The highest BCUT2D eigenvalue weighted by Crippen LogP contribution is 2.32. The van der Waals surface area contributed by atoms with Crippen LogP contribution in [-0.4, -0.2) is 92.2 Å². The van der Waals surface area contributed by atoms with Crippen LogP contribution in [-0.2, 0) is 0 Å². The van der Waals surface area contributed by atoms with Gasteiger partial charge in [0.2, 0.25) is 0 Å². The number of anilines is 3. The van der Waals surface area contributed by atoms with Crippen LogP contribution < -0.4 is 21.1 Å². The third-order valence-corrected chi connectivity index (χ3v) is 6.99. The highest BCUT2D eigenvalue weighted by atomic mass is 19.1. The third kappa shape index (κ3) is 4.49. The second kappa shape index (κ2) is 9.44. The topological polar surface area (TPSA) is 101 Å². The average Bonchev–Trinajstić information content (AvgIpc) is 3.26. The van der Waals surface area contributed by atoms with Crippen LogP contribution in [0.2, 0.25) is 0 Å². The van der Waals surface area contributed by atoms with Crippen molar-refractivity contribution in [2.24, 2.45) is 0 Å². The fourth-order valence-electron chi connectivity index (χ4n) is 4.70. The number of benzene rings is 2. The molecule has 0 amide bonds. The minimum absolute atomic E-state index is 0.202. The number of hydrogen-bond acceptors (Lipinski definition) is 7. The molecule has 3 heterocycles. The zero-order valence-corrected chi connectivity index (χ0v) is 21.2. The van der Waals surface area contributed by atoms with Crippen LogP contribution in [0.15, 0.2) is 35.1 Å². The Morgan fingerprint density at radius 3 is 2.50 bits per heavy atom. The summed E-state index contributed by atoms with van der Waals surface area (Å²) in [5, 5.41) is 0.449. The molecule has 0 radical (unpaired) electrons. The number of nitrogen functional groups attached to an aromatic ring is 1. The van der Waals surface area contributed by atoms with E-state index in [9.17, 15) is 4.79 Å². The lowest BCUT2D eigenvalue weighted by atomic mass is 10.1. The van der Waals surface area contributed by atoms with Crippen molar-refractivity contribution in [3.63, 3.8) is 0 Å². The van der Waals surface area contributed by atoms with Gasteiger partial charge in [0.25, 0.3) is 5.56 Å². The van der Waals surface area contributed by atoms with Gasteiger partial charge in [-0.3, -0.25) is 4.79 Å². The average molecular weight is 493 g/mol. The van der Waals surface area contributed by atoms with Gasteiger partial charge in [0, 0.05) is 57.4 Å². The fourth-order valence-corrected chi connectivity index (χ4v) is 4.70. The molecule has 1 aliphatic rings. The van der Waals surface area contributed by atoms with Crippen LogP contribution in [0.4, 0.5) is 21.5 Å². The molecule has 4 N–H and O–H groups in total. The van der Waals surface area contributed by atoms with E-state index < -0.39 is 5.82 Å². The van der Waals surface area contributed by atoms with E-state index in [1.54, 1.807) is 6.07 Å². The first-order valence-corrected chi connectivity index (χ1v) is 12.2. The Hall–Kier alpha value is -3.63. The molecular weight excluding hydrogens is 459 g/mol. The maximum absolute atomic E-state index is 15.1. The molecule has 1 saturated heterocycles. The van der Waals surface area contributed by atoms with Crippen molar-refractivity contribution in [2.45, 2.75) is 0 Å². The molecular formula is C26H33FN8O. The van der Waals surface area contributed by atoms with E-state index >= 15 is 4.39 Å². The van der Waals surface area contributed by atoms with Crippen molar-refractivity contribution in [1.29, 1.82) is 0 Å². The molecule has 2 aromatic carbocycles. The highest BCUT2D eigenvalue weighted by molar-refractivity contribution is 5.99. The van der Waals surface area contributed by atoms with Crippen molar-refractivity contribution < 1.29 is 4.39 Å². The van der Waals surface area contributed by atoms with Gasteiger partial charge in [0.15, 0.2) is 0 Å². The number of hydrogen-bond donors (Lipinski definition) is 3. The standard InChI is InChI=1S/C26H33FN8O/c1-32(2)7-10-34(4)22-15-20-17(14-18(22)27)24(28)23(26(36)31-20)25-29-19-6-5-16(13-21(19)30-25)35-11-8-33(3)9-12-35/h5-6,13-15H,7-12H2,1-4H3,(H,29,30)(H3,28,31,36). The molecule has 10 heteroatoms. The van der Waals surface area contributed by atoms with E-state index in [-0.39, 0.29) is 16.8 Å². The quantitative estimate of drug-likeness (QED) is 0.380. The van der Waals surface area contributed by atoms with Crippen LogP contribution in [0.25, 0.3) is 33.3 Å². The molecule has 0 bridgehead atoms. The number of H-pyrrole nitrogens is 2. The Morgan fingerprint density at radius 2 is 1.78 bits per heavy atom. The van der Waals surface area contributed by atoms with Gasteiger partial charge in [-0.2, -0.15) is 0 Å². The second-order valence-corrected chi connectivity index (χ2v) is 9.89. The smallest absolute Gasteiger partial charge is 0.261 e. The summed E-state index contributed by atoms with van der Waals surface area (Å²) >= 11 is 0. The minimum atomic E-state index is -0.394. The predicted octanol–water partition coefficient (Wildman–Crippen LogP) is 2.54. The monoisotopic (exact) mass is 492 g/mol. The Kier molecular flexibility index (Phi) is 6.31. The summed E-state index contributed by atoms with van der Waals surface area (Å²) in [6, 6.07) is 9.10. The van der Waals surface area contributed by atoms with E-state index in [2.05, 4.69) is 32.9 Å². The number of nitrogens with zero attached hydrogens (tertiary/aromatic N) is 5. The number of rotatable bonds is 6. The molecule has 5 rings (SSSR count). The predicted molar refractivity (Wildman–Crippen MR) is 146 cm³/mol. The number of nitrogens with two attached hydrogens (primary N) is 1. The van der Waals surface area contributed by atoms with Crippen LogP contribution in [0.1, 0.15) is 0 Å². The fraction of sp³-hybridized carbons (Fsp3) is 0.385. The van der Waals surface area contributed by atoms with Crippen LogP contribution in [0.3, 0.4) is 0 Å². The van der Waals surface area contributed by atoms with Crippen molar-refractivity contribution in [3.8, 4) is 11.4 Å². The van der Waals surface area contributed by atoms with Gasteiger partial charge in [0.05, 0.1) is 27.9 Å². The molecule has 1 fully saturated rings. The first-order chi connectivity index (χ1) is 17.2. The van der Waals surface area contributed by atoms with E-state index in [1.165, 1.54) is 6.07 Å². The van der Waals surface area contributed by atoms with Gasteiger partial charge in [-0.15, -0.1) is 0 Å². The summed E-state index contributed by atoms with van der Waals surface area (Å²) in [5.41, 5.74) is 10.1. The number of likely N-dealkylation sites (N-methyl/N-ethyl adjacent to an activating group) is 3. The maximum atomic E-state index is 15.1. The van der Waals surface area contributed by atoms with Gasteiger partial charge in [-0.05, 0) is 51.5 Å². The Labute approximate surface area is 209 Å². The van der Waals surface area contributed by atoms with E-state index in [0.717, 1.165) is 49.4 Å². The second-order valence-electron chi connectivity index (χ2n) is 9.89. The number of aromatic amines is 2. The lowest BCUT2D eigenvalue weighted by Gasteiger charge is -2.34. The summed E-state index contributed by atoms with van der Waals surface area (Å²) in [4.78, 5) is 32.4. The largest absolute Gasteiger partial charge is 0.397 e. The first-order valence-electron chi connectivity index (χ1n) is 12.2. The number of imidazole rings is 1. The lowest BCUT2D eigenvalue weighted by molar-refractivity contribution is 0.313. The molecule has 190 valence electrons. The molecule has 9 nitrogen and oxygen atoms in total. The molecule has 0 unspecified atom stereocenters. The Bertz CT molecular complexity index is 1470. The SMILES string of the molecule is CN(C)CCN(C)c1cc2[nH]c(=O)c(-c3nc4cc(N5CCN(C)CC5)ccc4[nH]3)c(N)c2cc1F. The highest BCUT2D eigenvalue weighted by Gasteiger charge is 2.20. The Balaban J connectivity index is 1.51. The van der Waals surface area contributed by atoms with Gasteiger partial charge < -0.3 is 35.3 Å².